The number of nitrogens with zero attached hydrogens (tertiary/aromatic N) is 2. The number of rotatable bonds is 2. The van der Waals surface area contributed by atoms with Crippen LogP contribution in [0.15, 0.2) is 16.1 Å². The van der Waals surface area contributed by atoms with Crippen molar-refractivity contribution in [1.82, 2.24) is 19.9 Å². The number of aromatic nitrogens is 4. The molecule has 6 heteroatoms. The van der Waals surface area contributed by atoms with Gasteiger partial charge < -0.3 is 4.98 Å². The molecule has 5 nitrogen and oxygen atoms in total. The van der Waals surface area contributed by atoms with Crippen LogP contribution in [0.1, 0.15) is 13.8 Å². The first-order chi connectivity index (χ1) is 6.66. The summed E-state index contributed by atoms with van der Waals surface area (Å²) in [6, 6.07) is 0. The summed E-state index contributed by atoms with van der Waals surface area (Å²) in [5.74, 6) is 0. The van der Waals surface area contributed by atoms with Crippen molar-refractivity contribution in [1.29, 1.82) is 0 Å². The second-order valence-electron chi connectivity index (χ2n) is 3.14. The molecule has 74 valence electrons. The molecule has 14 heavy (non-hydrogen) atoms. The van der Waals surface area contributed by atoms with Gasteiger partial charge in [0.2, 0.25) is 0 Å². The average molecular weight is 210 g/mol. The van der Waals surface area contributed by atoms with Crippen molar-refractivity contribution < 1.29 is 0 Å². The molecule has 2 aromatic heterocycles. The Kier molecular flexibility index (Phi) is 2.28. The van der Waals surface area contributed by atoms with Crippen LogP contribution in [-0.4, -0.2) is 25.2 Å². The molecule has 2 heterocycles. The van der Waals surface area contributed by atoms with E-state index in [1.807, 2.05) is 0 Å². The fourth-order valence-electron chi connectivity index (χ4n) is 1.14. The van der Waals surface area contributed by atoms with E-state index in [-0.39, 0.29) is 5.69 Å². The first kappa shape index (κ1) is 9.26. The summed E-state index contributed by atoms with van der Waals surface area (Å²) in [5, 5.41) is 1.09. The minimum atomic E-state index is -0.354. The molecule has 0 saturated carbocycles. The van der Waals surface area contributed by atoms with Gasteiger partial charge in [-0.3, -0.25) is 4.98 Å². The lowest BCUT2D eigenvalue weighted by atomic mass is 10.5. The van der Waals surface area contributed by atoms with E-state index in [0.29, 0.717) is 15.9 Å². The zero-order valence-corrected chi connectivity index (χ0v) is 8.68. The van der Waals surface area contributed by atoms with Crippen molar-refractivity contribution >= 4 is 22.9 Å². The third kappa shape index (κ3) is 1.65. The Balaban J connectivity index is 2.61. The lowest BCUT2D eigenvalue weighted by molar-refractivity contribution is 1.00. The largest absolute Gasteiger partial charge is 0.347 e. The van der Waals surface area contributed by atoms with Crippen molar-refractivity contribution in [3.05, 3.63) is 16.8 Å². The second-order valence-corrected chi connectivity index (χ2v) is 4.71. The summed E-state index contributed by atoms with van der Waals surface area (Å²) >= 11 is 1.54. The van der Waals surface area contributed by atoms with E-state index in [9.17, 15) is 4.79 Å². The normalized spacial score (nSPS) is 11.4. The van der Waals surface area contributed by atoms with Crippen LogP contribution >= 0.6 is 11.8 Å². The SMILES string of the molecule is CC(C)Sc1nc(=O)[nH]c2nc[nH]c12. The minimum absolute atomic E-state index is 0.354. The number of imidazole rings is 1. The molecule has 0 bridgehead atoms. The van der Waals surface area contributed by atoms with Gasteiger partial charge >= 0.3 is 5.69 Å². The molecule has 0 radical (unpaired) electrons. The van der Waals surface area contributed by atoms with E-state index in [0.717, 1.165) is 5.52 Å². The summed E-state index contributed by atoms with van der Waals surface area (Å²) in [5.41, 5.74) is 1.00. The summed E-state index contributed by atoms with van der Waals surface area (Å²) in [6.07, 6.45) is 1.55. The topological polar surface area (TPSA) is 74.4 Å². The molecular weight excluding hydrogens is 200 g/mol. The summed E-state index contributed by atoms with van der Waals surface area (Å²) < 4.78 is 0. The highest BCUT2D eigenvalue weighted by molar-refractivity contribution is 8.00. The molecule has 0 saturated heterocycles. The van der Waals surface area contributed by atoms with Gasteiger partial charge in [0.25, 0.3) is 0 Å². The van der Waals surface area contributed by atoms with Crippen molar-refractivity contribution in [3.63, 3.8) is 0 Å². The maximum atomic E-state index is 11.1. The molecule has 0 unspecified atom stereocenters. The number of nitrogens with one attached hydrogen (secondary N) is 2. The number of hydrogen-bond acceptors (Lipinski definition) is 4. The van der Waals surface area contributed by atoms with Crippen LogP contribution in [0.2, 0.25) is 0 Å². The Labute approximate surface area is 84.4 Å². The summed E-state index contributed by atoms with van der Waals surface area (Å²) in [4.78, 5) is 24.5. The monoisotopic (exact) mass is 210 g/mol. The number of thioether (sulfide) groups is 1. The van der Waals surface area contributed by atoms with Crippen molar-refractivity contribution in [2.45, 2.75) is 24.1 Å². The molecule has 0 aromatic carbocycles. The molecule has 2 rings (SSSR count). The Morgan fingerprint density at radius 3 is 3.00 bits per heavy atom. The van der Waals surface area contributed by atoms with Gasteiger partial charge in [-0.05, 0) is 0 Å². The van der Waals surface area contributed by atoms with Gasteiger partial charge in [-0.2, -0.15) is 4.98 Å². The smallest absolute Gasteiger partial charge is 0.341 e. The summed E-state index contributed by atoms with van der Waals surface area (Å²) in [6.45, 7) is 4.10. The fourth-order valence-corrected chi connectivity index (χ4v) is 1.99. The van der Waals surface area contributed by atoms with E-state index in [1.54, 1.807) is 18.1 Å². The molecule has 2 aromatic rings. The van der Waals surface area contributed by atoms with E-state index >= 15 is 0 Å². The van der Waals surface area contributed by atoms with E-state index in [2.05, 4.69) is 33.8 Å². The average Bonchev–Trinajstić information content (AvgIpc) is 2.50. The highest BCUT2D eigenvalue weighted by atomic mass is 32.2. The number of hydrogen-bond donors (Lipinski definition) is 2. The van der Waals surface area contributed by atoms with Crippen LogP contribution in [0.3, 0.4) is 0 Å². The molecule has 0 spiro atoms. The van der Waals surface area contributed by atoms with Crippen LogP contribution in [0, 0.1) is 0 Å². The van der Waals surface area contributed by atoms with E-state index < -0.39 is 0 Å². The van der Waals surface area contributed by atoms with Gasteiger partial charge in [0, 0.05) is 5.25 Å². The molecule has 2 N–H and O–H groups in total. The van der Waals surface area contributed by atoms with E-state index in [1.165, 1.54) is 0 Å². The Bertz CT molecular complexity index is 501. The molecule has 0 aliphatic rings. The van der Waals surface area contributed by atoms with Gasteiger partial charge in [0.15, 0.2) is 5.65 Å². The van der Waals surface area contributed by atoms with Crippen LogP contribution < -0.4 is 5.69 Å². The number of H-pyrrole nitrogens is 2. The second kappa shape index (κ2) is 3.45. The predicted octanol–water partition coefficient (Wildman–Crippen LogP) is 1.15. The van der Waals surface area contributed by atoms with Crippen molar-refractivity contribution in [2.75, 3.05) is 0 Å². The van der Waals surface area contributed by atoms with Crippen molar-refractivity contribution in [3.8, 4) is 0 Å². The van der Waals surface area contributed by atoms with Gasteiger partial charge in [-0.25, -0.2) is 9.78 Å². The number of aromatic amines is 2. The van der Waals surface area contributed by atoms with Gasteiger partial charge in [-0.1, -0.05) is 13.8 Å². The van der Waals surface area contributed by atoms with Crippen LogP contribution in [0.4, 0.5) is 0 Å². The molecule has 0 amide bonds. The Morgan fingerprint density at radius 2 is 2.29 bits per heavy atom. The quantitative estimate of drug-likeness (QED) is 0.576. The van der Waals surface area contributed by atoms with Gasteiger partial charge in [-0.15, -0.1) is 11.8 Å². The molecule has 0 aliphatic carbocycles. The maximum Gasteiger partial charge on any atom is 0.347 e. The lowest BCUT2D eigenvalue weighted by Crippen LogP contribution is -2.11. The van der Waals surface area contributed by atoms with Gasteiger partial charge in [0.05, 0.1) is 6.33 Å². The predicted molar refractivity (Wildman–Crippen MR) is 55.5 cm³/mol. The minimum Gasteiger partial charge on any atom is -0.341 e. The first-order valence-electron chi connectivity index (χ1n) is 4.27. The number of fused-ring (bicyclic) bond motifs is 1. The molecule has 0 aliphatic heterocycles. The summed E-state index contributed by atoms with van der Waals surface area (Å²) in [7, 11) is 0. The zero-order chi connectivity index (χ0) is 10.1. The highest BCUT2D eigenvalue weighted by Crippen LogP contribution is 2.24. The third-order valence-corrected chi connectivity index (χ3v) is 2.62. The van der Waals surface area contributed by atoms with Crippen LogP contribution in [-0.2, 0) is 0 Å². The molecule has 0 fully saturated rings. The molecular formula is C8H10N4OS. The fraction of sp³-hybridized carbons (Fsp3) is 0.375. The Morgan fingerprint density at radius 1 is 1.50 bits per heavy atom. The molecule has 0 atom stereocenters. The lowest BCUT2D eigenvalue weighted by Gasteiger charge is -2.03. The standard InChI is InChI=1S/C8H10N4OS/c1-4(2)14-7-5-6(10-3-9-5)11-8(13)12-7/h3-4H,1-2H3,(H2,9,10,11,12,13). The van der Waals surface area contributed by atoms with Crippen LogP contribution in [0.25, 0.3) is 11.2 Å². The zero-order valence-electron chi connectivity index (χ0n) is 7.87. The van der Waals surface area contributed by atoms with Crippen LogP contribution in [0.5, 0.6) is 0 Å². The third-order valence-electron chi connectivity index (χ3n) is 1.63. The maximum absolute atomic E-state index is 11.1. The van der Waals surface area contributed by atoms with E-state index in [4.69, 9.17) is 0 Å². The Hall–Kier alpha value is -1.30. The van der Waals surface area contributed by atoms with Gasteiger partial charge in [0.1, 0.15) is 10.5 Å². The highest BCUT2D eigenvalue weighted by Gasteiger charge is 2.08. The first-order valence-corrected chi connectivity index (χ1v) is 5.15. The van der Waals surface area contributed by atoms with Crippen molar-refractivity contribution in [2.24, 2.45) is 0 Å².